The van der Waals surface area contributed by atoms with Crippen LogP contribution in [0.1, 0.15) is 23.7 Å². The van der Waals surface area contributed by atoms with Crippen LogP contribution >= 0.6 is 12.4 Å². The van der Waals surface area contributed by atoms with Gasteiger partial charge in [0.05, 0.1) is 19.8 Å². The molecule has 1 amide bonds. The lowest BCUT2D eigenvalue weighted by Gasteiger charge is -2.39. The highest BCUT2D eigenvalue weighted by Crippen LogP contribution is 2.33. The molecular formula is C23H29ClF3N3O5. The number of carbonyl (C=O) groups is 1. The van der Waals surface area contributed by atoms with Gasteiger partial charge in [0.1, 0.15) is 12.3 Å². The zero-order valence-electron chi connectivity index (χ0n) is 19.3. The van der Waals surface area contributed by atoms with Crippen LogP contribution < -0.4 is 20.1 Å². The van der Waals surface area contributed by atoms with Gasteiger partial charge >= 0.3 is 12.3 Å². The van der Waals surface area contributed by atoms with Crippen LogP contribution in [0.4, 0.5) is 23.7 Å². The minimum atomic E-state index is -4.48. The van der Waals surface area contributed by atoms with Crippen LogP contribution in [-0.2, 0) is 10.9 Å². The molecule has 3 N–H and O–H groups in total. The zero-order valence-corrected chi connectivity index (χ0v) is 20.1. The van der Waals surface area contributed by atoms with E-state index in [0.29, 0.717) is 43.2 Å². The molecule has 3 rings (SSSR count). The smallest absolute Gasteiger partial charge is 0.416 e. The Morgan fingerprint density at radius 1 is 1.03 bits per heavy atom. The number of methoxy groups -OCH3 is 2. The van der Waals surface area contributed by atoms with Crippen LogP contribution in [0.3, 0.4) is 0 Å². The maximum Gasteiger partial charge on any atom is 0.416 e. The van der Waals surface area contributed by atoms with Crippen LogP contribution in [0.15, 0.2) is 42.5 Å². The predicted molar refractivity (Wildman–Crippen MR) is 126 cm³/mol. The summed E-state index contributed by atoms with van der Waals surface area (Å²) < 4.78 is 54.3. The first kappa shape index (κ1) is 28.3. The van der Waals surface area contributed by atoms with Crippen molar-refractivity contribution in [3.05, 3.63) is 53.6 Å². The molecule has 2 atom stereocenters. The highest BCUT2D eigenvalue weighted by Gasteiger charge is 2.31. The second-order valence-corrected chi connectivity index (χ2v) is 7.82. The van der Waals surface area contributed by atoms with Gasteiger partial charge in [-0.1, -0.05) is 12.1 Å². The van der Waals surface area contributed by atoms with E-state index in [2.05, 4.69) is 4.90 Å². The van der Waals surface area contributed by atoms with Crippen molar-refractivity contribution >= 4 is 24.2 Å². The van der Waals surface area contributed by atoms with E-state index in [1.54, 1.807) is 14.2 Å². The summed E-state index contributed by atoms with van der Waals surface area (Å²) in [6.45, 7) is 2.28. The SMILES string of the molecule is COc1ccc(N2CCN(C(O)CC(OC(N)=O)c3ccc(C(F)(F)F)cc3)CC2)cc1OC.Cl. The van der Waals surface area contributed by atoms with Gasteiger partial charge in [0.2, 0.25) is 0 Å². The lowest BCUT2D eigenvalue weighted by molar-refractivity contribution is -0.137. The quantitative estimate of drug-likeness (QED) is 0.547. The largest absolute Gasteiger partial charge is 0.493 e. The average Bonchev–Trinajstić information content (AvgIpc) is 2.82. The Kier molecular flexibility index (Phi) is 9.87. The molecule has 1 aliphatic rings. The van der Waals surface area contributed by atoms with Crippen LogP contribution in [0.2, 0.25) is 0 Å². The summed E-state index contributed by atoms with van der Waals surface area (Å²) in [4.78, 5) is 15.3. The van der Waals surface area contributed by atoms with Gasteiger partial charge in [-0.05, 0) is 29.8 Å². The van der Waals surface area contributed by atoms with Gasteiger partial charge in [-0.15, -0.1) is 12.4 Å². The fraction of sp³-hybridized carbons (Fsp3) is 0.435. The molecule has 1 fully saturated rings. The lowest BCUT2D eigenvalue weighted by Crippen LogP contribution is -2.50. The third-order valence-corrected chi connectivity index (χ3v) is 5.76. The maximum absolute atomic E-state index is 12.8. The van der Waals surface area contributed by atoms with E-state index < -0.39 is 30.2 Å². The number of ether oxygens (including phenoxy) is 3. The molecule has 35 heavy (non-hydrogen) atoms. The molecule has 1 heterocycles. The van der Waals surface area contributed by atoms with Gasteiger partial charge in [-0.25, -0.2) is 4.79 Å². The molecule has 0 spiro atoms. The Bertz CT molecular complexity index is 970. The number of hydrogen-bond donors (Lipinski definition) is 2. The Hall–Kier alpha value is -2.89. The fourth-order valence-corrected chi connectivity index (χ4v) is 3.92. The highest BCUT2D eigenvalue weighted by molar-refractivity contribution is 5.85. The first-order chi connectivity index (χ1) is 16.1. The molecule has 0 saturated carbocycles. The van der Waals surface area contributed by atoms with Crippen molar-refractivity contribution < 1.29 is 37.3 Å². The number of benzene rings is 2. The Morgan fingerprint density at radius 2 is 1.63 bits per heavy atom. The first-order valence-electron chi connectivity index (χ1n) is 10.6. The van der Waals surface area contributed by atoms with Gasteiger partial charge in [-0.2, -0.15) is 13.2 Å². The van der Waals surface area contributed by atoms with E-state index in [-0.39, 0.29) is 18.8 Å². The van der Waals surface area contributed by atoms with Crippen LogP contribution in [0.25, 0.3) is 0 Å². The number of nitrogens with zero attached hydrogens (tertiary/aromatic N) is 2. The Morgan fingerprint density at radius 3 is 2.14 bits per heavy atom. The fourth-order valence-electron chi connectivity index (χ4n) is 3.92. The van der Waals surface area contributed by atoms with Crippen LogP contribution in [-0.4, -0.2) is 62.7 Å². The summed E-state index contributed by atoms with van der Waals surface area (Å²) in [6, 6.07) is 9.88. The number of aliphatic hydroxyl groups excluding tert-OH is 1. The van der Waals surface area contributed by atoms with Crippen molar-refractivity contribution in [2.45, 2.75) is 24.9 Å². The molecule has 12 heteroatoms. The van der Waals surface area contributed by atoms with Gasteiger partial charge in [0, 0.05) is 44.4 Å². The van der Waals surface area contributed by atoms with Crippen molar-refractivity contribution in [2.75, 3.05) is 45.3 Å². The number of rotatable bonds is 8. The summed E-state index contributed by atoms with van der Waals surface area (Å²) in [5.41, 5.74) is 5.60. The molecule has 2 aromatic rings. The molecular weight excluding hydrogens is 491 g/mol. The molecule has 0 bridgehead atoms. The van der Waals surface area contributed by atoms with Crippen molar-refractivity contribution in [3.63, 3.8) is 0 Å². The zero-order chi connectivity index (χ0) is 24.9. The molecule has 194 valence electrons. The molecule has 2 unspecified atom stereocenters. The third-order valence-electron chi connectivity index (χ3n) is 5.76. The van der Waals surface area contributed by atoms with Gasteiger partial charge in [0.15, 0.2) is 11.5 Å². The molecule has 0 aliphatic carbocycles. The average molecular weight is 520 g/mol. The minimum Gasteiger partial charge on any atom is -0.493 e. The van der Waals surface area contributed by atoms with Gasteiger partial charge < -0.3 is 30.0 Å². The topological polar surface area (TPSA) is 97.5 Å². The summed E-state index contributed by atoms with van der Waals surface area (Å²) in [5, 5.41) is 10.8. The summed E-state index contributed by atoms with van der Waals surface area (Å²) in [5.74, 6) is 1.24. The monoisotopic (exact) mass is 519 g/mol. The molecule has 1 aliphatic heterocycles. The molecule has 0 aromatic heterocycles. The van der Waals surface area contributed by atoms with E-state index in [1.165, 1.54) is 12.1 Å². The number of halogens is 4. The Balaban J connectivity index is 0.00000432. The van der Waals surface area contributed by atoms with E-state index >= 15 is 0 Å². The number of alkyl halides is 3. The maximum atomic E-state index is 12.8. The van der Waals surface area contributed by atoms with Crippen LogP contribution in [0, 0.1) is 0 Å². The molecule has 1 saturated heterocycles. The summed E-state index contributed by atoms with van der Waals surface area (Å²) in [7, 11) is 3.13. The number of nitrogens with two attached hydrogens (primary N) is 1. The number of piperazine rings is 1. The van der Waals surface area contributed by atoms with E-state index in [0.717, 1.165) is 17.8 Å². The van der Waals surface area contributed by atoms with Crippen molar-refractivity contribution in [3.8, 4) is 11.5 Å². The Labute approximate surface area is 207 Å². The number of primary amides is 1. The predicted octanol–water partition coefficient (Wildman–Crippen LogP) is 3.81. The second-order valence-electron chi connectivity index (χ2n) is 7.82. The van der Waals surface area contributed by atoms with Crippen molar-refractivity contribution in [1.82, 2.24) is 4.90 Å². The number of aliphatic hydroxyl groups is 1. The number of hydrogen-bond acceptors (Lipinski definition) is 7. The van der Waals surface area contributed by atoms with Crippen molar-refractivity contribution in [2.24, 2.45) is 5.73 Å². The standard InChI is InChI=1S/C23H28F3N3O5.ClH/c1-32-18-8-7-17(13-20(18)33-2)28-9-11-29(12-10-28)21(30)14-19(34-22(27)31)15-3-5-16(6-4-15)23(24,25)26;/h3-8,13,19,21,30H,9-12,14H2,1-2H3,(H2,27,31);1H. The summed E-state index contributed by atoms with van der Waals surface area (Å²) >= 11 is 0. The third kappa shape index (κ3) is 7.30. The second kappa shape index (κ2) is 12.2. The summed E-state index contributed by atoms with van der Waals surface area (Å²) in [6.07, 6.45) is -7.57. The number of amides is 1. The van der Waals surface area contributed by atoms with E-state index in [4.69, 9.17) is 19.9 Å². The van der Waals surface area contributed by atoms with Gasteiger partial charge in [-0.3, -0.25) is 4.90 Å². The highest BCUT2D eigenvalue weighted by atomic mass is 35.5. The molecule has 8 nitrogen and oxygen atoms in total. The molecule has 0 radical (unpaired) electrons. The number of anilines is 1. The first-order valence-corrected chi connectivity index (χ1v) is 10.6. The van der Waals surface area contributed by atoms with Crippen molar-refractivity contribution in [1.29, 1.82) is 0 Å². The van der Waals surface area contributed by atoms with Crippen LogP contribution in [0.5, 0.6) is 11.5 Å². The number of carbonyl (C=O) groups excluding carboxylic acids is 1. The van der Waals surface area contributed by atoms with E-state index in [1.807, 2.05) is 23.1 Å². The normalized spacial score (nSPS) is 16.1. The lowest BCUT2D eigenvalue weighted by atomic mass is 10.0. The minimum absolute atomic E-state index is 0. The van der Waals surface area contributed by atoms with Gasteiger partial charge in [0.25, 0.3) is 0 Å². The van der Waals surface area contributed by atoms with E-state index in [9.17, 15) is 23.1 Å². The molecule has 2 aromatic carbocycles.